The monoisotopic (exact) mass is 423 g/mol. The molecule has 5 rings (SSSR count). The molecule has 0 saturated carbocycles. The number of hydrogen-bond donors (Lipinski definition) is 1. The Hall–Kier alpha value is -3.20. The molecule has 4 aromatic heterocycles. The van der Waals surface area contributed by atoms with Gasteiger partial charge in [-0.1, -0.05) is 0 Å². The number of pyridine rings is 1. The first-order valence-corrected chi connectivity index (χ1v) is 10.6. The number of anilines is 1. The topological polar surface area (TPSA) is 72.0 Å². The third kappa shape index (κ3) is 3.93. The van der Waals surface area contributed by atoms with E-state index in [4.69, 9.17) is 4.74 Å². The van der Waals surface area contributed by atoms with Crippen LogP contribution in [-0.4, -0.2) is 67.8 Å². The summed E-state index contributed by atoms with van der Waals surface area (Å²) >= 11 is 0. The summed E-state index contributed by atoms with van der Waals surface area (Å²) in [6, 6.07) is 6.30. The van der Waals surface area contributed by atoms with Gasteiger partial charge in [-0.05, 0) is 38.0 Å². The minimum atomic E-state index is -0.795. The Bertz CT molecular complexity index is 1190. The van der Waals surface area contributed by atoms with Crippen molar-refractivity contribution in [3.63, 3.8) is 0 Å². The number of hydrogen-bond acceptors (Lipinski definition) is 6. The van der Waals surface area contributed by atoms with Gasteiger partial charge < -0.3 is 19.4 Å². The zero-order valence-corrected chi connectivity index (χ0v) is 17.7. The molecule has 1 atom stereocenters. The van der Waals surface area contributed by atoms with E-state index in [0.29, 0.717) is 18.4 Å². The average Bonchev–Trinajstić information content (AvgIpc) is 3.40. The lowest BCUT2D eigenvalue weighted by atomic mass is 10.1. The number of methoxy groups -OCH3 is 1. The molecule has 0 unspecified atom stereocenters. The van der Waals surface area contributed by atoms with E-state index in [-0.39, 0.29) is 6.04 Å². The molecule has 0 aliphatic carbocycles. The Morgan fingerprint density at radius 3 is 2.84 bits per heavy atom. The minimum Gasteiger partial charge on any atom is -0.479 e. The summed E-state index contributed by atoms with van der Waals surface area (Å²) in [6.45, 7) is 3.85. The molecule has 8 nitrogen and oxygen atoms in total. The first-order valence-electron chi connectivity index (χ1n) is 10.6. The van der Waals surface area contributed by atoms with Gasteiger partial charge in [0.2, 0.25) is 11.8 Å². The number of imidazole rings is 1. The van der Waals surface area contributed by atoms with E-state index in [2.05, 4.69) is 25.3 Å². The van der Waals surface area contributed by atoms with Crippen LogP contribution < -0.4 is 10.1 Å². The number of piperidine rings is 1. The lowest BCUT2D eigenvalue weighted by Gasteiger charge is -2.32. The summed E-state index contributed by atoms with van der Waals surface area (Å²) in [7, 11) is 1.62. The van der Waals surface area contributed by atoms with Crippen molar-refractivity contribution in [2.24, 2.45) is 0 Å². The summed E-state index contributed by atoms with van der Waals surface area (Å²) in [6.07, 6.45) is 8.72. The Balaban J connectivity index is 1.39. The fourth-order valence-electron chi connectivity index (χ4n) is 4.31. The van der Waals surface area contributed by atoms with Crippen molar-refractivity contribution in [2.45, 2.75) is 32.0 Å². The van der Waals surface area contributed by atoms with Gasteiger partial charge in [-0.25, -0.2) is 13.9 Å². The molecule has 5 heterocycles. The smallest absolute Gasteiger partial charge is 0.244 e. The number of halogens is 1. The van der Waals surface area contributed by atoms with Crippen molar-refractivity contribution in [2.75, 3.05) is 32.1 Å². The Morgan fingerprint density at radius 1 is 1.23 bits per heavy atom. The molecule has 9 heteroatoms. The Labute approximate surface area is 179 Å². The summed E-state index contributed by atoms with van der Waals surface area (Å²) in [4.78, 5) is 11.1. The largest absolute Gasteiger partial charge is 0.479 e. The number of ether oxygens (including phenoxy) is 1. The van der Waals surface area contributed by atoms with Crippen molar-refractivity contribution < 1.29 is 9.13 Å². The second-order valence-electron chi connectivity index (χ2n) is 8.08. The molecule has 1 saturated heterocycles. The lowest BCUT2D eigenvalue weighted by Crippen LogP contribution is -2.41. The van der Waals surface area contributed by atoms with E-state index in [1.54, 1.807) is 20.2 Å². The van der Waals surface area contributed by atoms with Gasteiger partial charge in [0.25, 0.3) is 0 Å². The number of likely N-dealkylation sites (tertiary alicyclic amines) is 1. The zero-order valence-electron chi connectivity index (χ0n) is 17.7. The summed E-state index contributed by atoms with van der Waals surface area (Å²) in [5, 5.41) is 8.10. The second kappa shape index (κ2) is 8.14. The molecule has 1 fully saturated rings. The zero-order chi connectivity index (χ0) is 21.4. The SMILES string of the molecule is COc1nc(NC2CCN(C[C@H](C)F)CC2)nn2ccc(-c3ccc4nccn4c3)c12. The van der Waals surface area contributed by atoms with Gasteiger partial charge in [-0.2, -0.15) is 4.98 Å². The van der Waals surface area contributed by atoms with Gasteiger partial charge in [0.05, 0.1) is 7.11 Å². The van der Waals surface area contributed by atoms with Gasteiger partial charge in [0.15, 0.2) is 0 Å². The number of fused-ring (bicyclic) bond motifs is 2. The highest BCUT2D eigenvalue weighted by Crippen LogP contribution is 2.31. The van der Waals surface area contributed by atoms with Crippen molar-refractivity contribution >= 4 is 17.1 Å². The van der Waals surface area contributed by atoms with Crippen molar-refractivity contribution in [3.05, 3.63) is 43.0 Å². The highest BCUT2D eigenvalue weighted by Gasteiger charge is 2.22. The minimum absolute atomic E-state index is 0.256. The van der Waals surface area contributed by atoms with E-state index in [0.717, 1.165) is 48.2 Å². The molecule has 31 heavy (non-hydrogen) atoms. The summed E-state index contributed by atoms with van der Waals surface area (Å²) in [5.74, 6) is 1.06. The number of aromatic nitrogens is 5. The van der Waals surface area contributed by atoms with Gasteiger partial charge in [0, 0.05) is 61.6 Å². The summed E-state index contributed by atoms with van der Waals surface area (Å²) in [5.41, 5.74) is 3.74. The highest BCUT2D eigenvalue weighted by atomic mass is 19.1. The molecule has 0 amide bonds. The van der Waals surface area contributed by atoms with E-state index in [1.807, 2.05) is 45.7 Å². The van der Waals surface area contributed by atoms with Crippen LogP contribution in [0.25, 0.3) is 22.3 Å². The molecule has 0 bridgehead atoms. The molecule has 0 spiro atoms. The number of nitrogens with one attached hydrogen (secondary N) is 1. The third-order valence-electron chi connectivity index (χ3n) is 5.80. The van der Waals surface area contributed by atoms with Crippen LogP contribution in [0.5, 0.6) is 5.88 Å². The standard InChI is InChI=1S/C22H26FN7O/c1-15(23)13-28-9-5-17(6-10-28)25-22-26-21(31-2)20-18(7-11-30(20)27-22)16-3-4-19-24-8-12-29(19)14-16/h3-4,7-8,11-12,14-15,17H,5-6,9-10,13H2,1-2H3,(H,25,27)/t15-/m0/s1. The van der Waals surface area contributed by atoms with E-state index in [9.17, 15) is 4.39 Å². The Morgan fingerprint density at radius 2 is 2.06 bits per heavy atom. The maximum absolute atomic E-state index is 13.2. The van der Waals surface area contributed by atoms with Crippen LogP contribution in [0.1, 0.15) is 19.8 Å². The maximum atomic E-state index is 13.2. The van der Waals surface area contributed by atoms with Gasteiger partial charge >= 0.3 is 0 Å². The van der Waals surface area contributed by atoms with Crippen LogP contribution in [0, 0.1) is 0 Å². The van der Waals surface area contributed by atoms with Gasteiger partial charge in [-0.3, -0.25) is 0 Å². The van der Waals surface area contributed by atoms with E-state index >= 15 is 0 Å². The predicted octanol–water partition coefficient (Wildman–Crippen LogP) is 3.29. The van der Waals surface area contributed by atoms with Gasteiger partial charge in [-0.15, -0.1) is 5.10 Å². The van der Waals surface area contributed by atoms with Crippen molar-refractivity contribution in [3.8, 4) is 17.0 Å². The first-order chi connectivity index (χ1) is 15.1. The fraction of sp³-hybridized carbons (Fsp3) is 0.409. The van der Waals surface area contributed by atoms with Crippen LogP contribution in [0.15, 0.2) is 43.0 Å². The molecule has 162 valence electrons. The Kier molecular flexibility index (Phi) is 5.19. The second-order valence-corrected chi connectivity index (χ2v) is 8.08. The molecule has 1 N–H and O–H groups in total. The van der Waals surface area contributed by atoms with Crippen LogP contribution >= 0.6 is 0 Å². The van der Waals surface area contributed by atoms with Crippen LogP contribution in [0.4, 0.5) is 10.3 Å². The first kappa shape index (κ1) is 19.7. The van der Waals surface area contributed by atoms with Crippen LogP contribution in [0.3, 0.4) is 0 Å². The normalized spacial score (nSPS) is 16.7. The molecular weight excluding hydrogens is 397 g/mol. The highest BCUT2D eigenvalue weighted by molar-refractivity contribution is 5.84. The van der Waals surface area contributed by atoms with Crippen LogP contribution in [0.2, 0.25) is 0 Å². The lowest BCUT2D eigenvalue weighted by molar-refractivity contribution is 0.169. The number of rotatable bonds is 6. The molecule has 0 radical (unpaired) electrons. The van der Waals surface area contributed by atoms with E-state index < -0.39 is 6.17 Å². The molecule has 1 aliphatic rings. The number of nitrogens with zero attached hydrogens (tertiary/aromatic N) is 6. The summed E-state index contributed by atoms with van der Waals surface area (Å²) < 4.78 is 22.7. The molecule has 0 aromatic carbocycles. The molecule has 4 aromatic rings. The molecular formula is C22H26FN7O. The predicted molar refractivity (Wildman–Crippen MR) is 117 cm³/mol. The van der Waals surface area contributed by atoms with E-state index in [1.165, 1.54) is 0 Å². The quantitative estimate of drug-likeness (QED) is 0.513. The van der Waals surface area contributed by atoms with Crippen molar-refractivity contribution in [1.29, 1.82) is 0 Å². The fourth-order valence-corrected chi connectivity index (χ4v) is 4.31. The van der Waals surface area contributed by atoms with Crippen LogP contribution in [-0.2, 0) is 0 Å². The van der Waals surface area contributed by atoms with Gasteiger partial charge in [0.1, 0.15) is 17.3 Å². The maximum Gasteiger partial charge on any atom is 0.244 e. The third-order valence-corrected chi connectivity index (χ3v) is 5.80. The van der Waals surface area contributed by atoms with Crippen molar-refractivity contribution in [1.82, 2.24) is 28.9 Å². The molecule has 1 aliphatic heterocycles. The average molecular weight is 423 g/mol. The number of alkyl halides is 1.